The molecule has 0 atom stereocenters. The Bertz CT molecular complexity index is 814. The lowest BCUT2D eigenvalue weighted by Crippen LogP contribution is -2.46. The average Bonchev–Trinajstić information content (AvgIpc) is 2.63. The van der Waals surface area contributed by atoms with E-state index in [0.29, 0.717) is 12.0 Å². The highest BCUT2D eigenvalue weighted by Gasteiger charge is 2.18. The third-order valence-corrected chi connectivity index (χ3v) is 4.92. The Morgan fingerprint density at radius 1 is 1.16 bits per heavy atom. The molecule has 0 radical (unpaired) electrons. The first-order chi connectivity index (χ1) is 12.2. The molecule has 1 saturated heterocycles. The molecule has 0 saturated carbocycles. The molecule has 2 aromatic rings. The molecule has 1 aromatic heterocycles. The van der Waals surface area contributed by atoms with Crippen molar-refractivity contribution in [3.8, 4) is 6.07 Å². The fourth-order valence-corrected chi connectivity index (χ4v) is 3.42. The minimum atomic E-state index is -0.276. The minimum Gasteiger partial charge on any atom is -0.423 e. The van der Waals surface area contributed by atoms with E-state index >= 15 is 0 Å². The number of aryl methyl sites for hydroxylation is 1. The number of nitrogens with zero attached hydrogens (tertiary/aromatic N) is 3. The number of piperazine rings is 1. The van der Waals surface area contributed by atoms with Crippen LogP contribution in [0, 0.1) is 11.3 Å². The van der Waals surface area contributed by atoms with E-state index in [9.17, 15) is 4.79 Å². The zero-order valence-corrected chi connectivity index (χ0v) is 14.8. The number of fused-ring (bicyclic) bond motifs is 1. The number of hydrogen-bond acceptors (Lipinski definition) is 5. The van der Waals surface area contributed by atoms with Crippen LogP contribution >= 0.6 is 0 Å². The van der Waals surface area contributed by atoms with Crippen LogP contribution < -0.4 is 5.63 Å². The molecule has 0 amide bonds. The van der Waals surface area contributed by atoms with Gasteiger partial charge in [0.1, 0.15) is 5.58 Å². The van der Waals surface area contributed by atoms with Gasteiger partial charge in [0.25, 0.3) is 0 Å². The lowest BCUT2D eigenvalue weighted by molar-refractivity contribution is 0.127. The van der Waals surface area contributed by atoms with E-state index in [2.05, 4.69) is 28.9 Å². The minimum absolute atomic E-state index is 0.276. The first kappa shape index (κ1) is 17.7. The van der Waals surface area contributed by atoms with Crippen LogP contribution in [0.2, 0.25) is 0 Å². The molecule has 3 rings (SSSR count). The van der Waals surface area contributed by atoms with Crippen molar-refractivity contribution < 1.29 is 4.42 Å². The summed E-state index contributed by atoms with van der Waals surface area (Å²) in [6.07, 6.45) is 2.54. The topological polar surface area (TPSA) is 60.5 Å². The molecule has 1 aliphatic rings. The Morgan fingerprint density at radius 3 is 2.64 bits per heavy atom. The van der Waals surface area contributed by atoms with Gasteiger partial charge >= 0.3 is 5.63 Å². The molecule has 0 unspecified atom stereocenters. The number of unbranched alkanes of at least 4 members (excludes halogenated alkanes) is 1. The van der Waals surface area contributed by atoms with Crippen molar-refractivity contribution in [3.63, 3.8) is 0 Å². The molecule has 5 nitrogen and oxygen atoms in total. The fraction of sp³-hybridized carbons (Fsp3) is 0.500. The summed E-state index contributed by atoms with van der Waals surface area (Å²) >= 11 is 0. The summed E-state index contributed by atoms with van der Waals surface area (Å²) in [4.78, 5) is 16.7. The van der Waals surface area contributed by atoms with E-state index in [1.807, 2.05) is 12.1 Å². The second-order valence-corrected chi connectivity index (χ2v) is 6.65. The van der Waals surface area contributed by atoms with Crippen molar-refractivity contribution in [1.82, 2.24) is 9.80 Å². The molecule has 25 heavy (non-hydrogen) atoms. The molecule has 0 bridgehead atoms. The van der Waals surface area contributed by atoms with Gasteiger partial charge in [0.05, 0.1) is 6.07 Å². The highest BCUT2D eigenvalue weighted by atomic mass is 16.4. The summed E-state index contributed by atoms with van der Waals surface area (Å²) < 4.78 is 5.35. The number of benzene rings is 1. The smallest absolute Gasteiger partial charge is 0.336 e. The fourth-order valence-electron chi connectivity index (χ4n) is 3.42. The summed E-state index contributed by atoms with van der Waals surface area (Å²) in [5, 5.41) is 9.69. The van der Waals surface area contributed by atoms with Gasteiger partial charge in [0.2, 0.25) is 0 Å². The Labute approximate surface area is 148 Å². The van der Waals surface area contributed by atoms with E-state index in [1.54, 1.807) is 6.07 Å². The molecule has 0 spiro atoms. The zero-order valence-electron chi connectivity index (χ0n) is 14.8. The molecule has 5 heteroatoms. The molecular weight excluding hydrogens is 314 g/mol. The lowest BCUT2D eigenvalue weighted by Gasteiger charge is -2.34. The van der Waals surface area contributed by atoms with Crippen molar-refractivity contribution >= 4 is 11.0 Å². The summed E-state index contributed by atoms with van der Waals surface area (Å²) in [5.74, 6) is 0. The number of nitriles is 1. The quantitative estimate of drug-likeness (QED) is 0.598. The van der Waals surface area contributed by atoms with Crippen LogP contribution in [0.25, 0.3) is 11.0 Å². The van der Waals surface area contributed by atoms with Crippen molar-refractivity contribution in [2.24, 2.45) is 0 Å². The molecule has 2 heterocycles. The highest BCUT2D eigenvalue weighted by Crippen LogP contribution is 2.21. The van der Waals surface area contributed by atoms with Gasteiger partial charge < -0.3 is 9.32 Å². The van der Waals surface area contributed by atoms with Gasteiger partial charge in [0.15, 0.2) is 0 Å². The van der Waals surface area contributed by atoms with Gasteiger partial charge in [-0.2, -0.15) is 5.26 Å². The largest absolute Gasteiger partial charge is 0.423 e. The standard InChI is InChI=1S/C20H25N3O2/c1-2-16-5-6-19-18(13-16)17(14-20(24)25-19)15-23-11-9-22(10-12-23)8-4-3-7-21/h5-6,13-14H,2-4,8-12,15H2,1H3. The predicted molar refractivity (Wildman–Crippen MR) is 98.4 cm³/mol. The third kappa shape index (κ3) is 4.47. The van der Waals surface area contributed by atoms with Gasteiger partial charge in [-0.25, -0.2) is 4.79 Å². The van der Waals surface area contributed by atoms with Crippen LogP contribution in [0.3, 0.4) is 0 Å². The van der Waals surface area contributed by atoms with Gasteiger partial charge in [-0.1, -0.05) is 13.0 Å². The summed E-state index contributed by atoms with van der Waals surface area (Å²) in [7, 11) is 0. The zero-order chi connectivity index (χ0) is 17.6. The first-order valence-electron chi connectivity index (χ1n) is 9.07. The van der Waals surface area contributed by atoms with Crippen molar-refractivity contribution in [1.29, 1.82) is 5.26 Å². The third-order valence-electron chi connectivity index (χ3n) is 4.92. The van der Waals surface area contributed by atoms with Crippen LogP contribution in [0.5, 0.6) is 0 Å². The molecule has 1 aliphatic heterocycles. The summed E-state index contributed by atoms with van der Waals surface area (Å²) in [6, 6.07) is 9.92. The Morgan fingerprint density at radius 2 is 1.92 bits per heavy atom. The van der Waals surface area contributed by atoms with Gasteiger partial charge in [-0.15, -0.1) is 0 Å². The molecular formula is C20H25N3O2. The van der Waals surface area contributed by atoms with Gasteiger partial charge in [-0.05, 0) is 42.6 Å². The Balaban J connectivity index is 1.69. The van der Waals surface area contributed by atoms with Gasteiger partial charge in [0, 0.05) is 50.6 Å². The van der Waals surface area contributed by atoms with E-state index in [0.717, 1.165) is 63.1 Å². The van der Waals surface area contributed by atoms with E-state index in [1.165, 1.54) is 5.56 Å². The van der Waals surface area contributed by atoms with Crippen LogP contribution in [-0.2, 0) is 13.0 Å². The van der Waals surface area contributed by atoms with Crippen LogP contribution in [0.15, 0.2) is 33.5 Å². The second-order valence-electron chi connectivity index (χ2n) is 6.65. The molecule has 0 N–H and O–H groups in total. The average molecular weight is 339 g/mol. The van der Waals surface area contributed by atoms with E-state index < -0.39 is 0 Å². The van der Waals surface area contributed by atoms with E-state index in [4.69, 9.17) is 9.68 Å². The maximum absolute atomic E-state index is 11.9. The van der Waals surface area contributed by atoms with E-state index in [-0.39, 0.29) is 5.63 Å². The Kier molecular flexibility index (Phi) is 5.85. The second kappa shape index (κ2) is 8.28. The van der Waals surface area contributed by atoms with Crippen molar-refractivity contribution in [2.45, 2.75) is 32.7 Å². The Hall–Kier alpha value is -2.16. The first-order valence-corrected chi connectivity index (χ1v) is 9.07. The maximum atomic E-state index is 11.9. The summed E-state index contributed by atoms with van der Waals surface area (Å²) in [6.45, 7) is 7.92. The number of hydrogen-bond donors (Lipinski definition) is 0. The van der Waals surface area contributed by atoms with Crippen molar-refractivity contribution in [3.05, 3.63) is 45.8 Å². The lowest BCUT2D eigenvalue weighted by atomic mass is 10.0. The van der Waals surface area contributed by atoms with Crippen LogP contribution in [0.1, 0.15) is 30.9 Å². The molecule has 132 valence electrons. The predicted octanol–water partition coefficient (Wildman–Crippen LogP) is 2.78. The normalized spacial score (nSPS) is 16.2. The number of rotatable bonds is 6. The van der Waals surface area contributed by atoms with Crippen molar-refractivity contribution in [2.75, 3.05) is 32.7 Å². The summed E-state index contributed by atoms with van der Waals surface area (Å²) in [5.41, 5.74) is 2.71. The monoisotopic (exact) mass is 339 g/mol. The SMILES string of the molecule is CCc1ccc2oc(=O)cc(CN3CCN(CCCC#N)CC3)c2c1. The van der Waals surface area contributed by atoms with Crippen LogP contribution in [-0.4, -0.2) is 42.5 Å². The molecule has 0 aliphatic carbocycles. The van der Waals surface area contributed by atoms with Gasteiger partial charge in [-0.3, -0.25) is 4.90 Å². The maximum Gasteiger partial charge on any atom is 0.336 e. The highest BCUT2D eigenvalue weighted by molar-refractivity contribution is 5.80. The molecule has 1 aromatic carbocycles. The molecule has 1 fully saturated rings. The van der Waals surface area contributed by atoms with Crippen LogP contribution in [0.4, 0.5) is 0 Å².